The molecule has 3 amide bonds. The summed E-state index contributed by atoms with van der Waals surface area (Å²) in [7, 11) is 0. The lowest BCUT2D eigenvalue weighted by atomic mass is 9.96. The molecular weight excluding hydrogens is 460 g/mol. The average molecular weight is 495 g/mol. The fraction of sp³-hybridized carbons (Fsp3) is 0.522. The van der Waals surface area contributed by atoms with Gasteiger partial charge in [-0.3, -0.25) is 19.2 Å². The number of aliphatic hydroxyl groups is 1. The lowest BCUT2D eigenvalue weighted by Gasteiger charge is -2.28. The molecule has 5 atom stereocenters. The van der Waals surface area contributed by atoms with Crippen molar-refractivity contribution in [1.82, 2.24) is 16.0 Å². The van der Waals surface area contributed by atoms with Gasteiger partial charge in [0.2, 0.25) is 17.7 Å². The lowest BCUT2D eigenvalue weighted by Crippen LogP contribution is -2.59. The van der Waals surface area contributed by atoms with Crippen LogP contribution in [0.15, 0.2) is 30.3 Å². The number of nitrogens with two attached hydrogens (primary N) is 1. The van der Waals surface area contributed by atoms with Gasteiger partial charge in [0.05, 0.1) is 6.61 Å². The van der Waals surface area contributed by atoms with Gasteiger partial charge in [-0.05, 0) is 17.9 Å². The fourth-order valence-corrected chi connectivity index (χ4v) is 3.16. The molecule has 1 aromatic carbocycles. The van der Waals surface area contributed by atoms with E-state index < -0.39 is 72.8 Å². The first-order valence-corrected chi connectivity index (χ1v) is 11.3. The monoisotopic (exact) mass is 494 g/mol. The number of aliphatic carboxylic acids is 2. The van der Waals surface area contributed by atoms with Crippen molar-refractivity contribution in [2.45, 2.75) is 63.7 Å². The van der Waals surface area contributed by atoms with Crippen LogP contribution in [-0.4, -0.2) is 75.8 Å². The van der Waals surface area contributed by atoms with Crippen LogP contribution in [0, 0.1) is 5.92 Å². The van der Waals surface area contributed by atoms with Gasteiger partial charge in [0.1, 0.15) is 24.2 Å². The minimum atomic E-state index is -1.45. The van der Waals surface area contributed by atoms with Crippen molar-refractivity contribution in [2.75, 3.05) is 6.61 Å². The van der Waals surface area contributed by atoms with Crippen molar-refractivity contribution in [1.29, 1.82) is 0 Å². The van der Waals surface area contributed by atoms with Gasteiger partial charge in [-0.2, -0.15) is 0 Å². The molecular formula is C23H34N4O8. The van der Waals surface area contributed by atoms with Gasteiger partial charge in [0, 0.05) is 12.8 Å². The zero-order chi connectivity index (χ0) is 26.5. The quantitative estimate of drug-likeness (QED) is 0.159. The highest BCUT2D eigenvalue weighted by molar-refractivity contribution is 5.94. The van der Waals surface area contributed by atoms with Crippen molar-refractivity contribution in [3.05, 3.63) is 35.9 Å². The van der Waals surface area contributed by atoms with Crippen molar-refractivity contribution in [3.8, 4) is 0 Å². The third kappa shape index (κ3) is 10.1. The number of nitrogens with one attached hydrogen (secondary N) is 3. The van der Waals surface area contributed by atoms with Gasteiger partial charge in [-0.1, -0.05) is 50.6 Å². The second kappa shape index (κ2) is 14.7. The Hall–Kier alpha value is -3.51. The first kappa shape index (κ1) is 29.5. The Morgan fingerprint density at radius 2 is 1.51 bits per heavy atom. The maximum Gasteiger partial charge on any atom is 0.326 e. The number of aliphatic hydroxyl groups excluding tert-OH is 1. The zero-order valence-electron chi connectivity index (χ0n) is 19.8. The number of carbonyl (C=O) groups is 5. The minimum Gasteiger partial charge on any atom is -0.481 e. The fourth-order valence-electron chi connectivity index (χ4n) is 3.16. The van der Waals surface area contributed by atoms with Crippen molar-refractivity contribution < 1.29 is 39.3 Å². The van der Waals surface area contributed by atoms with Gasteiger partial charge in [-0.15, -0.1) is 0 Å². The summed E-state index contributed by atoms with van der Waals surface area (Å²) in [5, 5.41) is 34.7. The SMILES string of the molecule is CCC(C)C(NC(=O)C(Cc1ccccc1)NC(=O)C(N)CO)C(=O)NC(CCC(=O)O)C(=O)O. The molecule has 12 heteroatoms. The molecule has 1 aromatic rings. The average Bonchev–Trinajstić information content (AvgIpc) is 2.83. The van der Waals surface area contributed by atoms with Crippen LogP contribution in [0.25, 0.3) is 0 Å². The largest absolute Gasteiger partial charge is 0.481 e. The molecule has 0 spiro atoms. The number of carbonyl (C=O) groups excluding carboxylic acids is 3. The Morgan fingerprint density at radius 1 is 0.914 bits per heavy atom. The summed E-state index contributed by atoms with van der Waals surface area (Å²) >= 11 is 0. The van der Waals surface area contributed by atoms with Crippen LogP contribution in [0.2, 0.25) is 0 Å². The molecule has 0 aliphatic heterocycles. The normalized spacial score (nSPS) is 15.1. The van der Waals surface area contributed by atoms with Crippen LogP contribution >= 0.6 is 0 Å². The number of carboxylic acids is 2. The predicted octanol–water partition coefficient (Wildman–Crippen LogP) is -1.00. The Labute approximate surface area is 203 Å². The lowest BCUT2D eigenvalue weighted by molar-refractivity contribution is -0.143. The molecule has 0 heterocycles. The Balaban J connectivity index is 3.09. The highest BCUT2D eigenvalue weighted by Crippen LogP contribution is 2.11. The molecule has 0 radical (unpaired) electrons. The minimum absolute atomic E-state index is 0.0712. The molecule has 0 saturated heterocycles. The molecule has 35 heavy (non-hydrogen) atoms. The van der Waals surface area contributed by atoms with E-state index >= 15 is 0 Å². The first-order valence-electron chi connectivity index (χ1n) is 11.3. The summed E-state index contributed by atoms with van der Waals surface area (Å²) < 4.78 is 0. The Kier molecular flexibility index (Phi) is 12.4. The summed E-state index contributed by atoms with van der Waals surface area (Å²) in [6, 6.07) is 3.79. The van der Waals surface area contributed by atoms with Gasteiger partial charge >= 0.3 is 11.9 Å². The highest BCUT2D eigenvalue weighted by Gasteiger charge is 2.33. The molecule has 1 rings (SSSR count). The summed E-state index contributed by atoms with van der Waals surface area (Å²) in [6.45, 7) is 2.83. The van der Waals surface area contributed by atoms with E-state index in [4.69, 9.17) is 15.9 Å². The molecule has 5 unspecified atom stereocenters. The number of amides is 3. The number of hydrogen-bond acceptors (Lipinski definition) is 7. The van der Waals surface area contributed by atoms with E-state index in [2.05, 4.69) is 16.0 Å². The van der Waals surface area contributed by atoms with Crippen LogP contribution in [-0.2, 0) is 30.4 Å². The van der Waals surface area contributed by atoms with Gasteiger partial charge in [0.15, 0.2) is 0 Å². The molecule has 0 bridgehead atoms. The summed E-state index contributed by atoms with van der Waals surface area (Å²) in [5.41, 5.74) is 6.27. The van der Waals surface area contributed by atoms with E-state index in [1.54, 1.807) is 44.2 Å². The van der Waals surface area contributed by atoms with Crippen molar-refractivity contribution in [3.63, 3.8) is 0 Å². The summed E-state index contributed by atoms with van der Waals surface area (Å²) in [6.07, 6.45) is -0.269. The molecule has 0 aliphatic carbocycles. The van der Waals surface area contributed by atoms with E-state index in [0.717, 1.165) is 5.56 Å². The Morgan fingerprint density at radius 3 is 2.03 bits per heavy atom. The molecule has 0 fully saturated rings. The molecule has 194 valence electrons. The number of hydrogen-bond donors (Lipinski definition) is 7. The second-order valence-corrected chi connectivity index (χ2v) is 8.24. The van der Waals surface area contributed by atoms with Crippen molar-refractivity contribution in [2.24, 2.45) is 11.7 Å². The number of benzene rings is 1. The summed E-state index contributed by atoms with van der Waals surface area (Å²) in [5.74, 6) is -5.28. The highest BCUT2D eigenvalue weighted by atomic mass is 16.4. The standard InChI is InChI=1S/C23H34N4O8/c1-3-13(2)19(22(33)25-16(23(34)35)9-10-18(29)30)27-21(32)17(26-20(31)15(24)12-28)11-14-7-5-4-6-8-14/h4-8,13,15-17,19,28H,3,9-12,24H2,1-2H3,(H,25,33)(H,26,31)(H,27,32)(H,29,30)(H,34,35). The van der Waals surface area contributed by atoms with Gasteiger partial charge in [0.25, 0.3) is 0 Å². The molecule has 0 saturated carbocycles. The van der Waals surface area contributed by atoms with Crippen molar-refractivity contribution >= 4 is 29.7 Å². The van der Waals surface area contributed by atoms with E-state index in [9.17, 15) is 29.1 Å². The van der Waals surface area contributed by atoms with Crippen LogP contribution in [0.4, 0.5) is 0 Å². The smallest absolute Gasteiger partial charge is 0.326 e. The second-order valence-electron chi connectivity index (χ2n) is 8.24. The maximum atomic E-state index is 13.2. The third-order valence-electron chi connectivity index (χ3n) is 5.50. The maximum absolute atomic E-state index is 13.2. The van der Waals surface area contributed by atoms with Crippen LogP contribution < -0.4 is 21.7 Å². The van der Waals surface area contributed by atoms with Gasteiger partial charge in [-0.25, -0.2) is 4.79 Å². The summed E-state index contributed by atoms with van der Waals surface area (Å²) in [4.78, 5) is 60.6. The van der Waals surface area contributed by atoms with Gasteiger partial charge < -0.3 is 37.0 Å². The van der Waals surface area contributed by atoms with Crippen LogP contribution in [0.1, 0.15) is 38.7 Å². The zero-order valence-corrected chi connectivity index (χ0v) is 19.8. The first-order chi connectivity index (χ1) is 16.5. The molecule has 12 nitrogen and oxygen atoms in total. The predicted molar refractivity (Wildman–Crippen MR) is 125 cm³/mol. The van der Waals surface area contributed by atoms with E-state index in [-0.39, 0.29) is 12.8 Å². The van der Waals surface area contributed by atoms with Crippen LogP contribution in [0.3, 0.4) is 0 Å². The van der Waals surface area contributed by atoms with E-state index in [0.29, 0.717) is 6.42 Å². The van der Waals surface area contributed by atoms with E-state index in [1.165, 1.54) is 0 Å². The molecule has 0 aromatic heterocycles. The third-order valence-corrected chi connectivity index (χ3v) is 5.50. The Bertz CT molecular complexity index is 880. The number of rotatable bonds is 15. The van der Waals surface area contributed by atoms with E-state index in [1.807, 2.05) is 0 Å². The topological polar surface area (TPSA) is 208 Å². The number of carboxylic acid groups (broad SMARTS) is 2. The molecule has 8 N–H and O–H groups in total. The van der Waals surface area contributed by atoms with Crippen LogP contribution in [0.5, 0.6) is 0 Å². The molecule has 0 aliphatic rings.